The van der Waals surface area contributed by atoms with Crippen LogP contribution in [0.25, 0.3) is 0 Å². The van der Waals surface area contributed by atoms with Gasteiger partial charge in [-0.15, -0.1) is 0 Å². The molecule has 3 aliphatic carbocycles. The van der Waals surface area contributed by atoms with Crippen LogP contribution in [-0.2, 0) is 0 Å². The summed E-state index contributed by atoms with van der Waals surface area (Å²) in [7, 11) is 1.78. The standard InChI is InChI=1S/C18H24BrNO/c1-3-20-18(13-9-12(19)6-7-14(13)21-2)17-15-10-4-5-11(8-10)16(15)17/h6-7,9-11,15-18,20H,3-5,8H2,1-2H3. The summed E-state index contributed by atoms with van der Waals surface area (Å²) in [5.74, 6) is 5.86. The van der Waals surface area contributed by atoms with Crippen molar-refractivity contribution >= 4 is 15.9 Å². The summed E-state index contributed by atoms with van der Waals surface area (Å²) in [6.45, 7) is 3.23. The van der Waals surface area contributed by atoms with Gasteiger partial charge in [-0.1, -0.05) is 22.9 Å². The van der Waals surface area contributed by atoms with Crippen LogP contribution in [0.3, 0.4) is 0 Å². The molecule has 3 aliphatic rings. The molecule has 3 heteroatoms. The number of hydrogen-bond donors (Lipinski definition) is 1. The lowest BCUT2D eigenvalue weighted by Gasteiger charge is -2.24. The lowest BCUT2D eigenvalue weighted by molar-refractivity contribution is 0.354. The highest BCUT2D eigenvalue weighted by atomic mass is 79.9. The SMILES string of the molecule is CCNC(c1cc(Br)ccc1OC)C1C2C3CCC(C3)C21. The molecule has 114 valence electrons. The predicted molar refractivity (Wildman–Crippen MR) is 88.4 cm³/mol. The highest BCUT2D eigenvalue weighted by Gasteiger charge is 2.66. The van der Waals surface area contributed by atoms with E-state index in [0.29, 0.717) is 6.04 Å². The van der Waals surface area contributed by atoms with E-state index in [2.05, 4.69) is 46.4 Å². The van der Waals surface area contributed by atoms with Gasteiger partial charge in [-0.2, -0.15) is 0 Å². The van der Waals surface area contributed by atoms with Crippen LogP contribution in [0.4, 0.5) is 0 Å². The summed E-state index contributed by atoms with van der Waals surface area (Å²) in [6.07, 6.45) is 4.48. The summed E-state index contributed by atoms with van der Waals surface area (Å²) in [5, 5.41) is 3.76. The topological polar surface area (TPSA) is 21.3 Å². The van der Waals surface area contributed by atoms with Crippen molar-refractivity contribution in [2.24, 2.45) is 29.6 Å². The van der Waals surface area contributed by atoms with Crippen molar-refractivity contribution in [2.75, 3.05) is 13.7 Å². The van der Waals surface area contributed by atoms with Gasteiger partial charge < -0.3 is 10.1 Å². The van der Waals surface area contributed by atoms with Gasteiger partial charge in [-0.25, -0.2) is 0 Å². The fourth-order valence-electron chi connectivity index (χ4n) is 5.46. The molecule has 2 bridgehead atoms. The monoisotopic (exact) mass is 349 g/mol. The summed E-state index contributed by atoms with van der Waals surface area (Å²) in [6, 6.07) is 6.88. The number of hydrogen-bond acceptors (Lipinski definition) is 2. The number of methoxy groups -OCH3 is 1. The number of fused-ring (bicyclic) bond motifs is 5. The third-order valence-corrected chi connectivity index (χ3v) is 6.62. The fourth-order valence-corrected chi connectivity index (χ4v) is 5.84. The van der Waals surface area contributed by atoms with E-state index >= 15 is 0 Å². The van der Waals surface area contributed by atoms with E-state index in [1.54, 1.807) is 7.11 Å². The Balaban J connectivity index is 1.65. The van der Waals surface area contributed by atoms with Gasteiger partial charge >= 0.3 is 0 Å². The molecule has 1 aromatic rings. The maximum atomic E-state index is 5.64. The normalized spacial score (nSPS) is 37.4. The number of nitrogens with one attached hydrogen (secondary N) is 1. The minimum absolute atomic E-state index is 0.459. The van der Waals surface area contributed by atoms with Crippen molar-refractivity contribution in [3.05, 3.63) is 28.2 Å². The third kappa shape index (κ3) is 2.16. The molecule has 0 amide bonds. The first kappa shape index (κ1) is 14.1. The fraction of sp³-hybridized carbons (Fsp3) is 0.667. The van der Waals surface area contributed by atoms with Gasteiger partial charge in [0, 0.05) is 16.1 Å². The molecule has 3 fully saturated rings. The molecule has 0 radical (unpaired) electrons. The van der Waals surface area contributed by atoms with Crippen molar-refractivity contribution in [2.45, 2.75) is 32.2 Å². The van der Waals surface area contributed by atoms with Gasteiger partial charge in [0.2, 0.25) is 0 Å². The molecule has 1 aromatic carbocycles. The van der Waals surface area contributed by atoms with Crippen molar-refractivity contribution in [3.8, 4) is 5.75 Å². The van der Waals surface area contributed by atoms with Gasteiger partial charge in [-0.05, 0) is 73.6 Å². The van der Waals surface area contributed by atoms with E-state index in [0.717, 1.165) is 46.4 Å². The second kappa shape index (κ2) is 5.27. The zero-order valence-electron chi connectivity index (χ0n) is 12.8. The summed E-state index contributed by atoms with van der Waals surface area (Å²) in [5.41, 5.74) is 1.34. The van der Waals surface area contributed by atoms with E-state index in [-0.39, 0.29) is 0 Å². The molecule has 21 heavy (non-hydrogen) atoms. The maximum absolute atomic E-state index is 5.64. The average Bonchev–Trinajstić information content (AvgIpc) is 2.90. The Labute approximate surface area is 135 Å². The molecule has 5 atom stereocenters. The summed E-state index contributed by atoms with van der Waals surface area (Å²) in [4.78, 5) is 0. The molecule has 0 saturated heterocycles. The first-order valence-electron chi connectivity index (χ1n) is 8.31. The van der Waals surface area contributed by atoms with Crippen LogP contribution in [0.5, 0.6) is 5.75 Å². The molecule has 5 unspecified atom stereocenters. The average molecular weight is 350 g/mol. The quantitative estimate of drug-likeness (QED) is 0.850. The van der Waals surface area contributed by atoms with E-state index in [9.17, 15) is 0 Å². The van der Waals surface area contributed by atoms with Crippen LogP contribution in [0.2, 0.25) is 0 Å². The van der Waals surface area contributed by atoms with Gasteiger partial charge in [-0.3, -0.25) is 0 Å². The van der Waals surface area contributed by atoms with Gasteiger partial charge in [0.15, 0.2) is 0 Å². The van der Waals surface area contributed by atoms with Crippen LogP contribution in [0, 0.1) is 29.6 Å². The molecule has 1 N–H and O–H groups in total. The van der Waals surface area contributed by atoms with E-state index < -0.39 is 0 Å². The van der Waals surface area contributed by atoms with Crippen molar-refractivity contribution in [1.82, 2.24) is 5.32 Å². The van der Waals surface area contributed by atoms with Crippen molar-refractivity contribution in [1.29, 1.82) is 0 Å². The molecule has 0 aromatic heterocycles. The summed E-state index contributed by atoms with van der Waals surface area (Å²) >= 11 is 3.63. The smallest absolute Gasteiger partial charge is 0.123 e. The van der Waals surface area contributed by atoms with Crippen LogP contribution in [-0.4, -0.2) is 13.7 Å². The van der Waals surface area contributed by atoms with Crippen LogP contribution in [0.1, 0.15) is 37.8 Å². The van der Waals surface area contributed by atoms with E-state index in [4.69, 9.17) is 4.74 Å². The third-order valence-electron chi connectivity index (χ3n) is 6.13. The molecular weight excluding hydrogens is 326 g/mol. The zero-order valence-corrected chi connectivity index (χ0v) is 14.4. The zero-order chi connectivity index (χ0) is 14.6. The maximum Gasteiger partial charge on any atom is 0.123 e. The number of halogens is 1. The molecule has 0 heterocycles. The van der Waals surface area contributed by atoms with Crippen molar-refractivity contribution < 1.29 is 4.74 Å². The Kier molecular flexibility index (Phi) is 3.54. The molecule has 2 nitrogen and oxygen atoms in total. The minimum Gasteiger partial charge on any atom is -0.496 e. The van der Waals surface area contributed by atoms with E-state index in [1.165, 1.54) is 24.8 Å². The van der Waals surface area contributed by atoms with E-state index in [1.807, 2.05) is 0 Å². The van der Waals surface area contributed by atoms with Gasteiger partial charge in [0.1, 0.15) is 5.75 Å². The number of ether oxygens (including phenoxy) is 1. The molecular formula is C18H24BrNO. The largest absolute Gasteiger partial charge is 0.496 e. The Morgan fingerprint density at radius 2 is 2.00 bits per heavy atom. The van der Waals surface area contributed by atoms with Crippen LogP contribution < -0.4 is 10.1 Å². The Hall–Kier alpha value is -0.540. The number of benzene rings is 1. The van der Waals surface area contributed by atoms with Gasteiger partial charge in [0.25, 0.3) is 0 Å². The van der Waals surface area contributed by atoms with Crippen molar-refractivity contribution in [3.63, 3.8) is 0 Å². The highest BCUT2D eigenvalue weighted by molar-refractivity contribution is 9.10. The highest BCUT2D eigenvalue weighted by Crippen LogP contribution is 2.72. The first-order valence-corrected chi connectivity index (χ1v) is 9.10. The molecule has 4 rings (SSSR count). The van der Waals surface area contributed by atoms with Gasteiger partial charge in [0.05, 0.1) is 7.11 Å². The lowest BCUT2D eigenvalue weighted by atomic mass is 9.92. The Morgan fingerprint density at radius 1 is 1.29 bits per heavy atom. The first-order chi connectivity index (χ1) is 10.2. The second-order valence-electron chi connectivity index (χ2n) is 6.99. The van der Waals surface area contributed by atoms with Crippen LogP contribution in [0.15, 0.2) is 22.7 Å². The molecule has 0 spiro atoms. The second-order valence-corrected chi connectivity index (χ2v) is 7.90. The lowest BCUT2D eigenvalue weighted by Crippen LogP contribution is -2.26. The minimum atomic E-state index is 0.459. The van der Waals surface area contributed by atoms with Crippen LogP contribution >= 0.6 is 15.9 Å². The Bertz CT molecular complexity index is 530. The predicted octanol–water partition coefficient (Wildman–Crippen LogP) is 4.40. The number of rotatable bonds is 5. The summed E-state index contributed by atoms with van der Waals surface area (Å²) < 4.78 is 6.78. The molecule has 3 saturated carbocycles. The Morgan fingerprint density at radius 3 is 2.62 bits per heavy atom. The molecule has 0 aliphatic heterocycles.